The third kappa shape index (κ3) is 4.96. The SMILES string of the molecule is Cc1ccccc1C1=C2C=CC(=NC(=O)[C@@H](N)CCCN=C(N)N)C=C2[Si](C)(C)c2cc(N)ccc21. The van der Waals surface area contributed by atoms with Crippen molar-refractivity contribution in [3.63, 3.8) is 0 Å². The lowest BCUT2D eigenvalue weighted by molar-refractivity contribution is -0.119. The van der Waals surface area contributed by atoms with Crippen molar-refractivity contribution in [3.8, 4) is 0 Å². The van der Waals surface area contributed by atoms with Crippen LogP contribution >= 0.6 is 0 Å². The number of aryl methyl sites for hydroxylation is 1. The standard InChI is InChI=1S/C28H34N6OSi/c1-17-7-4-5-8-20(17)26-21-12-10-18(29)15-24(21)36(2,3)25-16-19(11-13-22(25)26)34-27(35)23(30)9-6-14-33-28(31)32/h4-5,7-8,10-13,15-16,23H,6,9,14,29-30H2,1-3H3,(H4,31,32,33)/t23-/m0/s1. The number of nitrogen functional groups attached to an aromatic ring is 1. The molecule has 0 spiro atoms. The Kier molecular flexibility index (Phi) is 7.10. The van der Waals surface area contributed by atoms with Crippen LogP contribution in [0.5, 0.6) is 0 Å². The van der Waals surface area contributed by atoms with E-state index in [1.165, 1.54) is 38.2 Å². The van der Waals surface area contributed by atoms with Crippen LogP contribution in [0.4, 0.5) is 5.69 Å². The second-order valence-corrected chi connectivity index (χ2v) is 14.2. The van der Waals surface area contributed by atoms with Crippen LogP contribution in [0.2, 0.25) is 13.1 Å². The first-order valence-electron chi connectivity index (χ1n) is 12.1. The number of aliphatic imine (C=N–C) groups is 2. The van der Waals surface area contributed by atoms with Gasteiger partial charge in [0.25, 0.3) is 5.91 Å². The van der Waals surface area contributed by atoms with Crippen molar-refractivity contribution in [2.24, 2.45) is 27.2 Å². The minimum absolute atomic E-state index is 0.0330. The van der Waals surface area contributed by atoms with Gasteiger partial charge in [0, 0.05) is 12.2 Å². The summed E-state index contributed by atoms with van der Waals surface area (Å²) in [5.74, 6) is -0.312. The van der Waals surface area contributed by atoms with Crippen LogP contribution in [0.3, 0.4) is 0 Å². The molecule has 2 aromatic rings. The molecule has 1 aliphatic heterocycles. The molecule has 1 atom stereocenters. The van der Waals surface area contributed by atoms with Gasteiger partial charge in [-0.15, -0.1) is 0 Å². The molecule has 0 saturated heterocycles. The highest BCUT2D eigenvalue weighted by Crippen LogP contribution is 2.42. The predicted molar refractivity (Wildman–Crippen MR) is 153 cm³/mol. The predicted octanol–water partition coefficient (Wildman–Crippen LogP) is 2.69. The number of benzene rings is 2. The largest absolute Gasteiger partial charge is 0.399 e. The topological polar surface area (TPSA) is 146 Å². The molecular weight excluding hydrogens is 464 g/mol. The van der Waals surface area contributed by atoms with Gasteiger partial charge in [0.15, 0.2) is 5.96 Å². The molecule has 0 aromatic heterocycles. The van der Waals surface area contributed by atoms with E-state index in [4.69, 9.17) is 22.9 Å². The van der Waals surface area contributed by atoms with Gasteiger partial charge in [-0.25, -0.2) is 4.99 Å². The highest BCUT2D eigenvalue weighted by molar-refractivity contribution is 6.98. The molecule has 2 aliphatic rings. The Morgan fingerprint density at radius 3 is 2.53 bits per heavy atom. The van der Waals surface area contributed by atoms with Crippen LogP contribution < -0.4 is 28.1 Å². The summed E-state index contributed by atoms with van der Waals surface area (Å²) in [4.78, 5) is 21.1. The molecule has 4 rings (SSSR count). The third-order valence-electron chi connectivity index (χ3n) is 6.87. The minimum atomic E-state index is -2.14. The number of hydrogen-bond acceptors (Lipinski definition) is 4. The number of fused-ring (bicyclic) bond motifs is 2. The molecule has 1 heterocycles. The number of amides is 1. The molecule has 0 radical (unpaired) electrons. The van der Waals surface area contributed by atoms with E-state index in [1.54, 1.807) is 0 Å². The number of hydrogen-bond donors (Lipinski definition) is 4. The molecule has 7 nitrogen and oxygen atoms in total. The maximum absolute atomic E-state index is 12.8. The average molecular weight is 499 g/mol. The van der Waals surface area contributed by atoms with Crippen LogP contribution in [0.15, 0.2) is 81.4 Å². The third-order valence-corrected chi connectivity index (χ3v) is 10.4. The van der Waals surface area contributed by atoms with Gasteiger partial charge in [0.05, 0.1) is 11.8 Å². The van der Waals surface area contributed by atoms with E-state index in [1.807, 2.05) is 12.1 Å². The van der Waals surface area contributed by atoms with Gasteiger partial charge >= 0.3 is 0 Å². The highest BCUT2D eigenvalue weighted by Gasteiger charge is 2.39. The van der Waals surface area contributed by atoms with Gasteiger partial charge in [0.1, 0.15) is 8.07 Å². The van der Waals surface area contributed by atoms with Crippen LogP contribution in [0.25, 0.3) is 5.57 Å². The van der Waals surface area contributed by atoms with Crippen molar-refractivity contribution in [2.45, 2.75) is 38.9 Å². The van der Waals surface area contributed by atoms with E-state index in [2.05, 4.69) is 78.6 Å². The molecule has 8 N–H and O–H groups in total. The summed E-state index contributed by atoms with van der Waals surface area (Å²) in [6.07, 6.45) is 7.14. The molecule has 2 aromatic carbocycles. The molecule has 36 heavy (non-hydrogen) atoms. The smallest absolute Gasteiger partial charge is 0.263 e. The molecule has 0 fully saturated rings. The van der Waals surface area contributed by atoms with E-state index < -0.39 is 14.1 Å². The molecule has 0 bridgehead atoms. The minimum Gasteiger partial charge on any atom is -0.399 e. The molecule has 8 heteroatoms. The average Bonchev–Trinajstić information content (AvgIpc) is 2.83. The van der Waals surface area contributed by atoms with Gasteiger partial charge in [-0.05, 0) is 82.3 Å². The van der Waals surface area contributed by atoms with Crippen LogP contribution in [-0.4, -0.2) is 38.2 Å². The van der Waals surface area contributed by atoms with E-state index in [0.717, 1.165) is 5.69 Å². The summed E-state index contributed by atoms with van der Waals surface area (Å²) in [5, 5.41) is 2.52. The molecular formula is C28H34N6OSi. The summed E-state index contributed by atoms with van der Waals surface area (Å²) in [6.45, 7) is 7.20. The Morgan fingerprint density at radius 1 is 1.06 bits per heavy atom. The van der Waals surface area contributed by atoms with Gasteiger partial charge in [0.2, 0.25) is 0 Å². The van der Waals surface area contributed by atoms with Crippen molar-refractivity contribution in [3.05, 3.63) is 88.2 Å². The summed E-state index contributed by atoms with van der Waals surface area (Å²) >= 11 is 0. The van der Waals surface area contributed by atoms with Crippen molar-refractivity contribution in [2.75, 3.05) is 12.3 Å². The van der Waals surface area contributed by atoms with E-state index in [0.29, 0.717) is 25.1 Å². The number of anilines is 1. The zero-order valence-electron chi connectivity index (χ0n) is 21.1. The Hall–Kier alpha value is -3.75. The number of carbonyl (C=O) groups excluding carboxylic acids is 1. The molecule has 1 amide bonds. The van der Waals surface area contributed by atoms with Crippen molar-refractivity contribution in [1.82, 2.24) is 0 Å². The quantitative estimate of drug-likeness (QED) is 0.159. The lowest BCUT2D eigenvalue weighted by atomic mass is 9.87. The van der Waals surface area contributed by atoms with E-state index >= 15 is 0 Å². The first-order chi connectivity index (χ1) is 17.1. The Labute approximate surface area is 213 Å². The molecule has 0 unspecified atom stereocenters. The summed E-state index contributed by atoms with van der Waals surface area (Å²) < 4.78 is 0. The maximum atomic E-state index is 12.8. The number of nitrogens with zero attached hydrogens (tertiary/aromatic N) is 2. The second-order valence-electron chi connectivity index (χ2n) is 9.86. The Balaban J connectivity index is 1.75. The lowest BCUT2D eigenvalue weighted by Gasteiger charge is -2.38. The fraction of sp³-hybridized carbons (Fsp3) is 0.250. The maximum Gasteiger partial charge on any atom is 0.263 e. The van der Waals surface area contributed by atoms with Crippen LogP contribution in [0, 0.1) is 6.92 Å². The molecule has 1 aliphatic carbocycles. The summed E-state index contributed by atoms with van der Waals surface area (Å²) in [5.41, 5.74) is 30.4. The Bertz CT molecular complexity index is 1360. The first kappa shape index (κ1) is 25.3. The van der Waals surface area contributed by atoms with E-state index in [9.17, 15) is 4.79 Å². The zero-order valence-corrected chi connectivity index (χ0v) is 22.1. The number of carbonyl (C=O) groups is 1. The zero-order chi connectivity index (χ0) is 26.0. The van der Waals surface area contributed by atoms with Crippen molar-refractivity contribution < 1.29 is 4.79 Å². The fourth-order valence-electron chi connectivity index (χ4n) is 4.92. The Morgan fingerprint density at radius 2 is 1.81 bits per heavy atom. The van der Waals surface area contributed by atoms with Gasteiger partial charge in [-0.3, -0.25) is 9.79 Å². The van der Waals surface area contributed by atoms with Crippen LogP contribution in [-0.2, 0) is 4.79 Å². The van der Waals surface area contributed by atoms with Crippen LogP contribution in [0.1, 0.15) is 29.5 Å². The van der Waals surface area contributed by atoms with Crippen molar-refractivity contribution in [1.29, 1.82) is 0 Å². The summed E-state index contributed by atoms with van der Waals surface area (Å²) in [7, 11) is -2.14. The number of guanidine groups is 1. The van der Waals surface area contributed by atoms with E-state index in [-0.39, 0.29) is 11.9 Å². The monoisotopic (exact) mass is 498 g/mol. The molecule has 0 saturated carbocycles. The number of allylic oxidation sites excluding steroid dienone is 5. The van der Waals surface area contributed by atoms with Gasteiger partial charge in [-0.1, -0.05) is 49.5 Å². The number of nitrogens with two attached hydrogens (primary N) is 4. The molecule has 186 valence electrons. The summed E-state index contributed by atoms with van der Waals surface area (Å²) in [6, 6.07) is 14.0. The number of rotatable bonds is 6. The normalized spacial score (nSPS) is 17.8. The first-order valence-corrected chi connectivity index (χ1v) is 15.1. The van der Waals surface area contributed by atoms with Gasteiger partial charge < -0.3 is 22.9 Å². The highest BCUT2D eigenvalue weighted by atomic mass is 28.3. The second kappa shape index (κ2) is 10.1. The van der Waals surface area contributed by atoms with Gasteiger partial charge in [-0.2, -0.15) is 0 Å². The van der Waals surface area contributed by atoms with Crippen molar-refractivity contribution >= 4 is 42.1 Å². The fourth-order valence-corrected chi connectivity index (χ4v) is 8.01. The lowest BCUT2D eigenvalue weighted by Crippen LogP contribution is -2.49.